The van der Waals surface area contributed by atoms with Crippen molar-refractivity contribution in [3.8, 4) is 0 Å². The Morgan fingerprint density at radius 3 is 2.13 bits per heavy atom. The third-order valence-electron chi connectivity index (χ3n) is 5.39. The summed E-state index contributed by atoms with van der Waals surface area (Å²) < 4.78 is 0. The maximum Gasteiger partial charge on any atom is 0.328 e. The molecule has 0 aromatic heterocycles. The van der Waals surface area contributed by atoms with Crippen molar-refractivity contribution < 1.29 is 39.6 Å². The Kier molecular flexibility index (Phi) is 12.7. The molecule has 5 N–H and O–H groups in total. The van der Waals surface area contributed by atoms with E-state index in [-0.39, 0.29) is 19.1 Å². The van der Waals surface area contributed by atoms with E-state index in [1.54, 1.807) is 23.1 Å². The van der Waals surface area contributed by atoms with Crippen molar-refractivity contribution in [2.24, 2.45) is 0 Å². The minimum Gasteiger partial charge on any atom is -0.478 e. The maximum atomic E-state index is 13.2. The van der Waals surface area contributed by atoms with Crippen molar-refractivity contribution in [2.75, 3.05) is 42.6 Å². The van der Waals surface area contributed by atoms with Crippen LogP contribution in [0.5, 0.6) is 0 Å². The predicted octanol–water partition coefficient (Wildman–Crippen LogP) is 3.15. The van der Waals surface area contributed by atoms with E-state index in [1.165, 1.54) is 0 Å². The standard InChI is InChI=1S/C23H26ClN3O4.C4H4O4/c24-17-9-10-20-21(16-17)26(13-4-3-11-25-12-5-8-22(29)30)19-7-2-1-6-18(19)23(31)27(20)14-15-28;5-3(6)1-2-4(7)8/h1-2,5-10,16,25,28H,3-4,11-15H2,(H,29,30);1-2H,(H,5,6)(H,7,8)/b8-5+;2-1-. The third kappa shape index (κ3) is 9.89. The van der Waals surface area contributed by atoms with Gasteiger partial charge in [-0.05, 0) is 49.7 Å². The minimum atomic E-state index is -1.26. The van der Waals surface area contributed by atoms with Gasteiger partial charge in [0.15, 0.2) is 0 Å². The molecule has 1 aliphatic heterocycles. The Labute approximate surface area is 230 Å². The van der Waals surface area contributed by atoms with Gasteiger partial charge in [-0.2, -0.15) is 0 Å². The Balaban J connectivity index is 0.000000580. The molecular formula is C27H30ClN3O8. The molecule has 0 spiro atoms. The van der Waals surface area contributed by atoms with Crippen LogP contribution in [0.4, 0.5) is 17.1 Å². The first-order valence-corrected chi connectivity index (χ1v) is 12.4. The number of β-amino-alcohol motifs (C(OH)–C–C–N with tert-alkyl or cyclic N) is 1. The molecule has 0 bridgehead atoms. The highest BCUT2D eigenvalue weighted by Crippen LogP contribution is 2.42. The zero-order chi connectivity index (χ0) is 28.8. The van der Waals surface area contributed by atoms with E-state index in [1.807, 2.05) is 30.3 Å². The van der Waals surface area contributed by atoms with Gasteiger partial charge >= 0.3 is 17.9 Å². The summed E-state index contributed by atoms with van der Waals surface area (Å²) in [6.07, 6.45) is 5.54. The highest BCUT2D eigenvalue weighted by atomic mass is 35.5. The molecule has 3 rings (SSSR count). The lowest BCUT2D eigenvalue weighted by atomic mass is 10.1. The van der Waals surface area contributed by atoms with Crippen molar-refractivity contribution >= 4 is 52.5 Å². The number of aliphatic hydroxyl groups excluding tert-OH is 1. The highest BCUT2D eigenvalue weighted by Gasteiger charge is 2.30. The van der Waals surface area contributed by atoms with E-state index in [0.29, 0.717) is 35.8 Å². The smallest absolute Gasteiger partial charge is 0.328 e. The number of nitrogens with zero attached hydrogens (tertiary/aromatic N) is 2. The predicted molar refractivity (Wildman–Crippen MR) is 147 cm³/mol. The lowest BCUT2D eigenvalue weighted by molar-refractivity contribution is -0.134. The average Bonchev–Trinajstić information content (AvgIpc) is 2.98. The number of rotatable bonds is 12. The zero-order valence-corrected chi connectivity index (χ0v) is 21.8. The summed E-state index contributed by atoms with van der Waals surface area (Å²) in [6, 6.07) is 12.9. The Morgan fingerprint density at radius 2 is 1.49 bits per heavy atom. The van der Waals surface area contributed by atoms with Gasteiger partial charge in [0.25, 0.3) is 5.91 Å². The molecule has 208 valence electrons. The molecule has 0 fully saturated rings. The number of unbranched alkanes of at least 4 members (excludes halogenated alkanes) is 1. The largest absolute Gasteiger partial charge is 0.478 e. The molecule has 1 amide bonds. The van der Waals surface area contributed by atoms with E-state index >= 15 is 0 Å². The van der Waals surface area contributed by atoms with Crippen LogP contribution in [0.2, 0.25) is 5.02 Å². The SMILES string of the molecule is O=C(O)/C=C/CNCCCCN1c2ccccc2C(=O)N(CCO)c2ccc(Cl)cc21.O=C(O)/C=C\C(=O)O. The molecule has 0 aliphatic carbocycles. The second-order valence-corrected chi connectivity index (χ2v) is 8.58. The van der Waals surface area contributed by atoms with Gasteiger partial charge in [0.1, 0.15) is 0 Å². The molecule has 0 saturated heterocycles. The number of carboxylic acids is 3. The van der Waals surface area contributed by atoms with Gasteiger partial charge in [-0.3, -0.25) is 4.79 Å². The van der Waals surface area contributed by atoms with Crippen LogP contribution in [0.3, 0.4) is 0 Å². The van der Waals surface area contributed by atoms with Crippen LogP contribution in [0.25, 0.3) is 0 Å². The average molecular weight is 560 g/mol. The number of hydrogen-bond donors (Lipinski definition) is 5. The quantitative estimate of drug-likeness (QED) is 0.192. The van der Waals surface area contributed by atoms with Gasteiger partial charge in [-0.1, -0.05) is 29.8 Å². The third-order valence-corrected chi connectivity index (χ3v) is 5.62. The van der Waals surface area contributed by atoms with E-state index < -0.39 is 17.9 Å². The normalized spacial score (nSPS) is 12.5. The van der Waals surface area contributed by atoms with Crippen LogP contribution >= 0.6 is 11.6 Å². The number of aliphatic carboxylic acids is 3. The summed E-state index contributed by atoms with van der Waals surface area (Å²) >= 11 is 6.30. The number of carbonyl (C=O) groups excluding carboxylic acids is 1. The van der Waals surface area contributed by atoms with Crippen LogP contribution in [0, 0.1) is 0 Å². The molecule has 12 heteroatoms. The summed E-state index contributed by atoms with van der Waals surface area (Å²) in [4.78, 5) is 46.5. The van der Waals surface area contributed by atoms with Crippen LogP contribution in [-0.4, -0.2) is 77.0 Å². The number of amides is 1. The number of aliphatic hydroxyl groups is 1. The number of para-hydroxylation sites is 1. The van der Waals surface area contributed by atoms with E-state index in [4.69, 9.17) is 26.9 Å². The number of nitrogens with one attached hydrogen (secondary N) is 1. The molecule has 39 heavy (non-hydrogen) atoms. The first-order chi connectivity index (χ1) is 18.6. The van der Waals surface area contributed by atoms with Crippen molar-refractivity contribution in [3.63, 3.8) is 0 Å². The van der Waals surface area contributed by atoms with Crippen molar-refractivity contribution in [3.05, 3.63) is 77.4 Å². The van der Waals surface area contributed by atoms with E-state index in [2.05, 4.69) is 10.2 Å². The van der Waals surface area contributed by atoms with Crippen LogP contribution in [0.15, 0.2) is 66.8 Å². The summed E-state index contributed by atoms with van der Waals surface area (Å²) in [5.74, 6) is -3.62. The number of halogens is 1. The lowest BCUT2D eigenvalue weighted by Gasteiger charge is -2.27. The second kappa shape index (κ2) is 15.9. The molecule has 0 atom stereocenters. The maximum absolute atomic E-state index is 13.2. The topological polar surface area (TPSA) is 168 Å². The number of anilines is 3. The molecule has 1 aliphatic rings. The Bertz CT molecular complexity index is 1220. The molecule has 0 radical (unpaired) electrons. The molecular weight excluding hydrogens is 530 g/mol. The van der Waals surface area contributed by atoms with Gasteiger partial charge in [0, 0.05) is 42.9 Å². The van der Waals surface area contributed by atoms with Crippen molar-refractivity contribution in [1.82, 2.24) is 5.32 Å². The first kappa shape index (κ1) is 31.0. The number of benzene rings is 2. The van der Waals surface area contributed by atoms with Gasteiger partial charge < -0.3 is 35.5 Å². The Morgan fingerprint density at radius 1 is 0.821 bits per heavy atom. The second-order valence-electron chi connectivity index (χ2n) is 8.14. The number of carboxylic acid groups (broad SMARTS) is 3. The molecule has 11 nitrogen and oxygen atoms in total. The molecule has 0 unspecified atom stereocenters. The minimum absolute atomic E-state index is 0.141. The fourth-order valence-electron chi connectivity index (χ4n) is 3.79. The van der Waals surface area contributed by atoms with E-state index in [9.17, 15) is 24.3 Å². The summed E-state index contributed by atoms with van der Waals surface area (Å²) in [6.45, 7) is 1.98. The number of fused-ring (bicyclic) bond motifs is 2. The monoisotopic (exact) mass is 559 g/mol. The fraction of sp³-hybridized carbons (Fsp3) is 0.259. The van der Waals surface area contributed by atoms with Crippen LogP contribution in [0.1, 0.15) is 23.2 Å². The van der Waals surface area contributed by atoms with E-state index in [0.717, 1.165) is 42.5 Å². The lowest BCUT2D eigenvalue weighted by Crippen LogP contribution is -2.33. The zero-order valence-electron chi connectivity index (χ0n) is 21.0. The van der Waals surface area contributed by atoms with Crippen molar-refractivity contribution in [1.29, 1.82) is 0 Å². The molecule has 1 heterocycles. The van der Waals surface area contributed by atoms with Crippen LogP contribution < -0.4 is 15.1 Å². The van der Waals surface area contributed by atoms with Gasteiger partial charge in [0.05, 0.1) is 29.2 Å². The summed E-state index contributed by atoms with van der Waals surface area (Å²) in [5.41, 5.74) is 2.95. The van der Waals surface area contributed by atoms with Gasteiger partial charge in [0.2, 0.25) is 0 Å². The van der Waals surface area contributed by atoms with Crippen molar-refractivity contribution in [2.45, 2.75) is 12.8 Å². The summed E-state index contributed by atoms with van der Waals surface area (Å²) in [7, 11) is 0. The van der Waals surface area contributed by atoms with Gasteiger partial charge in [-0.25, -0.2) is 14.4 Å². The highest BCUT2D eigenvalue weighted by molar-refractivity contribution is 6.31. The molecule has 2 aromatic carbocycles. The Hall–Kier alpha value is -4.19. The number of carbonyl (C=O) groups is 4. The molecule has 2 aromatic rings. The summed E-state index contributed by atoms with van der Waals surface area (Å²) in [5, 5.41) is 37.5. The number of hydrogen-bond acceptors (Lipinski definition) is 7. The van der Waals surface area contributed by atoms with Crippen LogP contribution in [-0.2, 0) is 14.4 Å². The fourth-order valence-corrected chi connectivity index (χ4v) is 3.95. The molecule has 0 saturated carbocycles. The first-order valence-electron chi connectivity index (χ1n) is 12.0. The van der Waals surface area contributed by atoms with Gasteiger partial charge in [-0.15, -0.1) is 0 Å².